The van der Waals surface area contributed by atoms with E-state index >= 15 is 0 Å². The molecule has 0 radical (unpaired) electrons. The van der Waals surface area contributed by atoms with Crippen LogP contribution in [0.15, 0.2) is 24.4 Å². The fraction of sp³-hybridized carbons (Fsp3) is 0.214. The Morgan fingerprint density at radius 1 is 1.38 bits per heavy atom. The van der Waals surface area contributed by atoms with Crippen LogP contribution in [0, 0.1) is 0 Å². The Kier molecular flexibility index (Phi) is 3.93. The van der Waals surface area contributed by atoms with Crippen LogP contribution in [0.2, 0.25) is 0 Å². The Labute approximate surface area is 121 Å². The molecule has 0 saturated carbocycles. The van der Waals surface area contributed by atoms with Crippen LogP contribution in [0.1, 0.15) is 33.3 Å². The van der Waals surface area contributed by atoms with Crippen molar-refractivity contribution in [1.29, 1.82) is 0 Å². The molecule has 0 aliphatic rings. The Balaban J connectivity index is 2.35. The van der Waals surface area contributed by atoms with E-state index in [-0.39, 0.29) is 11.3 Å². The molecule has 1 aromatic heterocycles. The van der Waals surface area contributed by atoms with E-state index in [1.54, 1.807) is 17.9 Å². The number of carboxylic acids is 1. The number of aromatic nitrogens is 2. The number of nitrogens with two attached hydrogens (primary N) is 1. The van der Waals surface area contributed by atoms with E-state index < -0.39 is 11.9 Å². The predicted molar refractivity (Wildman–Crippen MR) is 78.4 cm³/mol. The molecule has 0 saturated heterocycles. The van der Waals surface area contributed by atoms with Gasteiger partial charge in [-0.2, -0.15) is 5.10 Å². The number of carbonyl (C=O) groups excluding carboxylic acids is 1. The summed E-state index contributed by atoms with van der Waals surface area (Å²) in [6.45, 7) is 1.89. The average molecular weight is 288 g/mol. The molecule has 0 aliphatic carbocycles. The summed E-state index contributed by atoms with van der Waals surface area (Å²) in [5.74, 6) is -1.54. The van der Waals surface area contributed by atoms with Gasteiger partial charge in [-0.3, -0.25) is 9.48 Å². The lowest BCUT2D eigenvalue weighted by Gasteiger charge is -2.09. The number of carbonyl (C=O) groups is 2. The molecule has 0 spiro atoms. The monoisotopic (exact) mass is 288 g/mol. The van der Waals surface area contributed by atoms with Gasteiger partial charge >= 0.3 is 5.97 Å². The van der Waals surface area contributed by atoms with E-state index in [1.807, 2.05) is 6.92 Å². The van der Waals surface area contributed by atoms with E-state index in [1.165, 1.54) is 18.2 Å². The summed E-state index contributed by atoms with van der Waals surface area (Å²) in [6.07, 6.45) is 2.20. The van der Waals surface area contributed by atoms with Gasteiger partial charge in [0.1, 0.15) is 0 Å². The first kappa shape index (κ1) is 14.6. The van der Waals surface area contributed by atoms with Gasteiger partial charge in [0.05, 0.1) is 22.5 Å². The Morgan fingerprint density at radius 2 is 2.10 bits per heavy atom. The molecule has 1 amide bonds. The molecule has 110 valence electrons. The normalized spacial score (nSPS) is 10.4. The Morgan fingerprint density at radius 3 is 2.71 bits per heavy atom. The van der Waals surface area contributed by atoms with Gasteiger partial charge in [-0.05, 0) is 24.6 Å². The van der Waals surface area contributed by atoms with Crippen LogP contribution in [0.5, 0.6) is 0 Å². The molecule has 0 fully saturated rings. The summed E-state index contributed by atoms with van der Waals surface area (Å²) in [4.78, 5) is 23.5. The lowest BCUT2D eigenvalue weighted by Crippen LogP contribution is -2.16. The van der Waals surface area contributed by atoms with Crippen LogP contribution >= 0.6 is 0 Å². The fourth-order valence-electron chi connectivity index (χ4n) is 2.03. The molecule has 0 bridgehead atoms. The maximum Gasteiger partial charge on any atom is 0.337 e. The van der Waals surface area contributed by atoms with Crippen LogP contribution in [0.25, 0.3) is 0 Å². The number of hydrogen-bond acceptors (Lipinski definition) is 4. The van der Waals surface area contributed by atoms with E-state index in [4.69, 9.17) is 10.8 Å². The first-order valence-corrected chi connectivity index (χ1v) is 6.39. The number of nitrogens with one attached hydrogen (secondary N) is 1. The SMILES string of the molecule is CCc1nn(C)cc1C(=O)Nc1cc(N)ccc1C(=O)O. The molecule has 4 N–H and O–H groups in total. The minimum absolute atomic E-state index is 0.0144. The predicted octanol–water partition coefficient (Wildman–Crippen LogP) is 1.52. The zero-order chi connectivity index (χ0) is 15.6. The summed E-state index contributed by atoms with van der Waals surface area (Å²) >= 11 is 0. The van der Waals surface area contributed by atoms with Gasteiger partial charge in [0.25, 0.3) is 5.91 Å². The molecule has 2 rings (SSSR count). The van der Waals surface area contributed by atoms with E-state index in [2.05, 4.69) is 10.4 Å². The van der Waals surface area contributed by atoms with Crippen LogP contribution in [0.4, 0.5) is 11.4 Å². The zero-order valence-electron chi connectivity index (χ0n) is 11.8. The second-order valence-electron chi connectivity index (χ2n) is 4.58. The number of rotatable bonds is 4. The topological polar surface area (TPSA) is 110 Å². The Hall–Kier alpha value is -2.83. The van der Waals surface area contributed by atoms with Crippen molar-refractivity contribution in [3.05, 3.63) is 41.2 Å². The van der Waals surface area contributed by atoms with Crippen LogP contribution < -0.4 is 11.1 Å². The molecule has 21 heavy (non-hydrogen) atoms. The van der Waals surface area contributed by atoms with Gasteiger partial charge in [0, 0.05) is 18.9 Å². The van der Waals surface area contributed by atoms with Crippen molar-refractivity contribution in [2.24, 2.45) is 7.05 Å². The molecule has 1 aromatic carbocycles. The fourth-order valence-corrected chi connectivity index (χ4v) is 2.03. The van der Waals surface area contributed by atoms with Gasteiger partial charge < -0.3 is 16.2 Å². The average Bonchev–Trinajstić information content (AvgIpc) is 2.79. The highest BCUT2D eigenvalue weighted by atomic mass is 16.4. The summed E-state index contributed by atoms with van der Waals surface area (Å²) in [7, 11) is 1.72. The van der Waals surface area contributed by atoms with Crippen LogP contribution in [0.3, 0.4) is 0 Å². The lowest BCUT2D eigenvalue weighted by molar-refractivity contribution is 0.0698. The number of benzene rings is 1. The van der Waals surface area contributed by atoms with Gasteiger partial charge in [-0.1, -0.05) is 6.92 Å². The first-order valence-electron chi connectivity index (χ1n) is 6.39. The Bertz CT molecular complexity index is 706. The van der Waals surface area contributed by atoms with Crippen molar-refractivity contribution in [2.75, 3.05) is 11.1 Å². The first-order chi connectivity index (χ1) is 9.92. The molecule has 0 atom stereocenters. The van der Waals surface area contributed by atoms with Crippen molar-refractivity contribution in [2.45, 2.75) is 13.3 Å². The highest BCUT2D eigenvalue weighted by molar-refractivity contribution is 6.08. The maximum absolute atomic E-state index is 12.3. The van der Waals surface area contributed by atoms with Gasteiger partial charge in [0.2, 0.25) is 0 Å². The van der Waals surface area contributed by atoms with Gasteiger partial charge in [-0.25, -0.2) is 4.79 Å². The number of aromatic carboxylic acids is 1. The van der Waals surface area contributed by atoms with E-state index in [9.17, 15) is 9.59 Å². The molecule has 7 heteroatoms. The number of hydrogen-bond donors (Lipinski definition) is 3. The minimum atomic E-state index is -1.13. The van der Waals surface area contributed by atoms with Crippen LogP contribution in [-0.4, -0.2) is 26.8 Å². The molecule has 0 aliphatic heterocycles. The zero-order valence-corrected chi connectivity index (χ0v) is 11.8. The summed E-state index contributed by atoms with van der Waals surface area (Å²) in [5, 5.41) is 15.9. The van der Waals surface area contributed by atoms with Crippen molar-refractivity contribution < 1.29 is 14.7 Å². The molecule has 1 heterocycles. The minimum Gasteiger partial charge on any atom is -0.478 e. The van der Waals surface area contributed by atoms with Crippen molar-refractivity contribution in [3.8, 4) is 0 Å². The van der Waals surface area contributed by atoms with E-state index in [0.29, 0.717) is 23.4 Å². The largest absolute Gasteiger partial charge is 0.478 e. The maximum atomic E-state index is 12.3. The molecule has 0 unspecified atom stereocenters. The molecular weight excluding hydrogens is 272 g/mol. The third kappa shape index (κ3) is 3.02. The molecular formula is C14H16N4O3. The molecule has 2 aromatic rings. The summed E-state index contributed by atoms with van der Waals surface area (Å²) < 4.78 is 1.55. The number of carboxylic acid groups (broad SMARTS) is 1. The van der Waals surface area contributed by atoms with E-state index in [0.717, 1.165) is 0 Å². The van der Waals surface area contributed by atoms with Crippen LogP contribution in [-0.2, 0) is 13.5 Å². The smallest absolute Gasteiger partial charge is 0.337 e. The highest BCUT2D eigenvalue weighted by Crippen LogP contribution is 2.21. The lowest BCUT2D eigenvalue weighted by atomic mass is 10.1. The third-order valence-corrected chi connectivity index (χ3v) is 3.01. The highest BCUT2D eigenvalue weighted by Gasteiger charge is 2.17. The number of anilines is 2. The summed E-state index contributed by atoms with van der Waals surface area (Å²) in [5.41, 5.74) is 7.23. The number of aryl methyl sites for hydroxylation is 2. The molecule has 7 nitrogen and oxygen atoms in total. The number of nitrogens with zero attached hydrogens (tertiary/aromatic N) is 2. The third-order valence-electron chi connectivity index (χ3n) is 3.01. The van der Waals surface area contributed by atoms with Crippen molar-refractivity contribution in [1.82, 2.24) is 9.78 Å². The quantitative estimate of drug-likeness (QED) is 0.739. The summed E-state index contributed by atoms with van der Waals surface area (Å²) in [6, 6.07) is 4.25. The standard InChI is InChI=1S/C14H16N4O3/c1-3-11-10(7-18(2)17-11)13(19)16-12-6-8(15)4-5-9(12)14(20)21/h4-7H,3,15H2,1-2H3,(H,16,19)(H,20,21). The second kappa shape index (κ2) is 5.66. The number of nitrogen functional groups attached to an aromatic ring is 1. The van der Waals surface area contributed by atoms with Gasteiger partial charge in [-0.15, -0.1) is 0 Å². The van der Waals surface area contributed by atoms with Gasteiger partial charge in [0.15, 0.2) is 0 Å². The van der Waals surface area contributed by atoms with Crippen molar-refractivity contribution in [3.63, 3.8) is 0 Å². The number of amides is 1. The van der Waals surface area contributed by atoms with Crippen molar-refractivity contribution >= 4 is 23.3 Å². The second-order valence-corrected chi connectivity index (χ2v) is 4.58.